The van der Waals surface area contributed by atoms with Gasteiger partial charge in [0.15, 0.2) is 0 Å². The summed E-state index contributed by atoms with van der Waals surface area (Å²) in [6, 6.07) is 10.8. The lowest BCUT2D eigenvalue weighted by atomic mass is 10.1. The lowest BCUT2D eigenvalue weighted by Gasteiger charge is -2.15. The SMILES string of the molecule is NS(=O)(=O)c1ccc(-c2nc(-c3cccc(CN4CCCC4=O)c3)no2)cc1F. The van der Waals surface area contributed by atoms with Crippen molar-refractivity contribution in [3.05, 3.63) is 53.8 Å². The third-order valence-electron chi connectivity index (χ3n) is 4.64. The highest BCUT2D eigenvalue weighted by Gasteiger charge is 2.21. The molecule has 1 aliphatic heterocycles. The average molecular weight is 416 g/mol. The molecule has 2 heterocycles. The van der Waals surface area contributed by atoms with Crippen LogP contribution in [-0.2, 0) is 21.4 Å². The Morgan fingerprint density at radius 3 is 2.69 bits per heavy atom. The van der Waals surface area contributed by atoms with Gasteiger partial charge in [-0.2, -0.15) is 4.98 Å². The molecule has 0 aliphatic carbocycles. The van der Waals surface area contributed by atoms with Crippen molar-refractivity contribution in [1.29, 1.82) is 0 Å². The number of nitrogens with zero attached hydrogens (tertiary/aromatic N) is 3. The number of primary sulfonamides is 1. The van der Waals surface area contributed by atoms with Gasteiger partial charge >= 0.3 is 0 Å². The molecular weight excluding hydrogens is 399 g/mol. The van der Waals surface area contributed by atoms with Crippen LogP contribution in [0.25, 0.3) is 22.8 Å². The molecule has 3 aromatic rings. The van der Waals surface area contributed by atoms with E-state index in [9.17, 15) is 17.6 Å². The van der Waals surface area contributed by atoms with Gasteiger partial charge in [0.2, 0.25) is 21.8 Å². The Morgan fingerprint density at radius 2 is 2.00 bits per heavy atom. The molecule has 0 radical (unpaired) electrons. The van der Waals surface area contributed by atoms with Gasteiger partial charge in [0.25, 0.3) is 5.89 Å². The highest BCUT2D eigenvalue weighted by atomic mass is 32.2. The van der Waals surface area contributed by atoms with E-state index < -0.39 is 20.7 Å². The van der Waals surface area contributed by atoms with Crippen LogP contribution in [0, 0.1) is 5.82 Å². The first-order valence-corrected chi connectivity index (χ1v) is 10.4. The highest BCUT2D eigenvalue weighted by Crippen LogP contribution is 2.26. The first-order valence-electron chi connectivity index (χ1n) is 8.85. The molecule has 8 nitrogen and oxygen atoms in total. The Kier molecular flexibility index (Phi) is 4.89. The van der Waals surface area contributed by atoms with E-state index in [1.807, 2.05) is 18.2 Å². The van der Waals surface area contributed by atoms with Crippen LogP contribution in [0.4, 0.5) is 4.39 Å². The number of rotatable bonds is 5. The zero-order valence-corrected chi connectivity index (χ0v) is 16.0. The van der Waals surface area contributed by atoms with Gasteiger partial charge in [0.05, 0.1) is 0 Å². The molecule has 0 atom stereocenters. The summed E-state index contributed by atoms with van der Waals surface area (Å²) in [7, 11) is -4.16. The summed E-state index contributed by atoms with van der Waals surface area (Å²) in [6.45, 7) is 1.26. The molecule has 0 unspecified atom stereocenters. The lowest BCUT2D eigenvalue weighted by molar-refractivity contribution is -0.128. The maximum Gasteiger partial charge on any atom is 0.258 e. The van der Waals surface area contributed by atoms with Crippen molar-refractivity contribution in [1.82, 2.24) is 15.0 Å². The first kappa shape index (κ1) is 19.2. The molecule has 1 aromatic heterocycles. The predicted molar refractivity (Wildman–Crippen MR) is 101 cm³/mol. The third kappa shape index (κ3) is 4.03. The van der Waals surface area contributed by atoms with Gasteiger partial charge in [-0.15, -0.1) is 0 Å². The van der Waals surface area contributed by atoms with Crippen molar-refractivity contribution in [2.24, 2.45) is 5.14 Å². The largest absolute Gasteiger partial charge is 0.338 e. The summed E-state index contributed by atoms with van der Waals surface area (Å²) in [5, 5.41) is 8.88. The molecular formula is C19H17FN4O4S. The number of carbonyl (C=O) groups excluding carboxylic acids is 1. The Morgan fingerprint density at radius 1 is 1.17 bits per heavy atom. The topological polar surface area (TPSA) is 119 Å². The standard InChI is InChI=1S/C19H17FN4O4S/c20-15-10-14(6-7-16(15)29(21,26)27)19-22-18(23-28-19)13-4-1-3-12(9-13)11-24-8-2-5-17(24)25/h1,3-4,6-7,9-10H,2,5,8,11H2,(H2,21,26,27). The zero-order valence-electron chi connectivity index (χ0n) is 15.2. The van der Waals surface area contributed by atoms with E-state index >= 15 is 0 Å². The normalized spacial score (nSPS) is 14.6. The summed E-state index contributed by atoms with van der Waals surface area (Å²) in [6.07, 6.45) is 1.45. The van der Waals surface area contributed by atoms with Gasteiger partial charge in [0, 0.05) is 30.6 Å². The average Bonchev–Trinajstić information content (AvgIpc) is 3.31. The summed E-state index contributed by atoms with van der Waals surface area (Å²) in [4.78, 5) is 17.3. The molecule has 1 aliphatic rings. The van der Waals surface area contributed by atoms with Crippen molar-refractivity contribution in [2.75, 3.05) is 6.54 Å². The van der Waals surface area contributed by atoms with Crippen molar-refractivity contribution < 1.29 is 22.1 Å². The van der Waals surface area contributed by atoms with E-state index in [0.717, 1.165) is 30.7 Å². The van der Waals surface area contributed by atoms with Gasteiger partial charge in [0.1, 0.15) is 10.7 Å². The molecule has 1 saturated heterocycles. The fourth-order valence-corrected chi connectivity index (χ4v) is 3.81. The van der Waals surface area contributed by atoms with Crippen molar-refractivity contribution in [2.45, 2.75) is 24.3 Å². The highest BCUT2D eigenvalue weighted by molar-refractivity contribution is 7.89. The molecule has 0 bridgehead atoms. The molecule has 2 aromatic carbocycles. The van der Waals surface area contributed by atoms with Crippen LogP contribution in [-0.4, -0.2) is 35.9 Å². The number of hydrogen-bond donors (Lipinski definition) is 1. The van der Waals surface area contributed by atoms with Gasteiger partial charge < -0.3 is 9.42 Å². The van der Waals surface area contributed by atoms with Gasteiger partial charge in [-0.3, -0.25) is 4.79 Å². The van der Waals surface area contributed by atoms with E-state index in [1.165, 1.54) is 6.07 Å². The summed E-state index contributed by atoms with van der Waals surface area (Å²) >= 11 is 0. The molecule has 4 rings (SSSR count). The number of benzene rings is 2. The van der Waals surface area contributed by atoms with Crippen LogP contribution in [0.5, 0.6) is 0 Å². The number of likely N-dealkylation sites (tertiary alicyclic amines) is 1. The molecule has 0 saturated carbocycles. The van der Waals surface area contributed by atoms with Crippen LogP contribution >= 0.6 is 0 Å². The van der Waals surface area contributed by atoms with Crippen LogP contribution in [0.3, 0.4) is 0 Å². The van der Waals surface area contributed by atoms with Crippen molar-refractivity contribution in [3.8, 4) is 22.8 Å². The summed E-state index contributed by atoms with van der Waals surface area (Å²) in [5.74, 6) is -0.519. The fraction of sp³-hybridized carbons (Fsp3) is 0.211. The van der Waals surface area contributed by atoms with Crippen LogP contribution < -0.4 is 5.14 Å². The first-order chi connectivity index (χ1) is 13.8. The van der Waals surface area contributed by atoms with Crippen LogP contribution in [0.15, 0.2) is 51.9 Å². The van der Waals surface area contributed by atoms with Gasteiger partial charge in [-0.1, -0.05) is 23.4 Å². The summed E-state index contributed by atoms with van der Waals surface area (Å²) < 4.78 is 41.9. The maximum atomic E-state index is 14.1. The minimum atomic E-state index is -4.16. The number of nitrogens with two attached hydrogens (primary N) is 1. The number of aromatic nitrogens is 2. The van der Waals surface area contributed by atoms with E-state index in [1.54, 1.807) is 11.0 Å². The quantitative estimate of drug-likeness (QED) is 0.682. The second-order valence-corrected chi connectivity index (χ2v) is 8.26. The number of sulfonamides is 1. The van der Waals surface area contributed by atoms with E-state index in [0.29, 0.717) is 24.4 Å². The molecule has 29 heavy (non-hydrogen) atoms. The second kappa shape index (κ2) is 7.37. The van der Waals surface area contributed by atoms with Crippen molar-refractivity contribution >= 4 is 15.9 Å². The molecule has 2 N–H and O–H groups in total. The number of hydrogen-bond acceptors (Lipinski definition) is 6. The predicted octanol–water partition coefficient (Wildman–Crippen LogP) is 2.31. The molecule has 10 heteroatoms. The number of amides is 1. The molecule has 1 fully saturated rings. The van der Waals surface area contributed by atoms with Gasteiger partial charge in [-0.25, -0.2) is 17.9 Å². The van der Waals surface area contributed by atoms with Gasteiger partial charge in [-0.05, 0) is 36.2 Å². The third-order valence-corrected chi connectivity index (χ3v) is 5.59. The number of halogens is 1. The van der Waals surface area contributed by atoms with E-state index in [2.05, 4.69) is 10.1 Å². The number of carbonyl (C=O) groups is 1. The Bertz CT molecular complexity index is 1190. The molecule has 0 spiro atoms. The smallest absolute Gasteiger partial charge is 0.258 e. The second-order valence-electron chi connectivity index (χ2n) is 6.73. The minimum absolute atomic E-state index is 0.0417. The Balaban J connectivity index is 1.59. The van der Waals surface area contributed by atoms with E-state index in [-0.39, 0.29) is 17.4 Å². The van der Waals surface area contributed by atoms with Crippen LogP contribution in [0.1, 0.15) is 18.4 Å². The molecule has 150 valence electrons. The molecule has 1 amide bonds. The van der Waals surface area contributed by atoms with Crippen LogP contribution in [0.2, 0.25) is 0 Å². The Labute approximate surface area is 166 Å². The fourth-order valence-electron chi connectivity index (χ4n) is 3.22. The zero-order chi connectivity index (χ0) is 20.6. The van der Waals surface area contributed by atoms with E-state index in [4.69, 9.17) is 9.66 Å². The van der Waals surface area contributed by atoms with Crippen molar-refractivity contribution in [3.63, 3.8) is 0 Å². The minimum Gasteiger partial charge on any atom is -0.338 e. The lowest BCUT2D eigenvalue weighted by Crippen LogP contribution is -2.23. The Hall–Kier alpha value is -3.11. The monoisotopic (exact) mass is 416 g/mol. The maximum absolute atomic E-state index is 14.1. The summed E-state index contributed by atoms with van der Waals surface area (Å²) in [5.41, 5.74) is 1.85.